The number of benzene rings is 2. The molecule has 1 heterocycles. The number of piperazine rings is 1. The van der Waals surface area contributed by atoms with Gasteiger partial charge in [-0.3, -0.25) is 10.0 Å². The minimum Gasteiger partial charge on any atom is -0.457 e. The van der Waals surface area contributed by atoms with Crippen molar-refractivity contribution in [2.45, 2.75) is 17.9 Å². The average molecular weight is 391 g/mol. The molecule has 9 heteroatoms. The second-order valence-corrected chi connectivity index (χ2v) is 8.09. The zero-order valence-electron chi connectivity index (χ0n) is 14.8. The van der Waals surface area contributed by atoms with Crippen LogP contribution in [0.1, 0.15) is 5.56 Å². The molecule has 0 radical (unpaired) electrons. The number of hydrogen-bond donors (Lipinski definition) is 3. The third-order valence-corrected chi connectivity index (χ3v) is 6.22. The summed E-state index contributed by atoms with van der Waals surface area (Å²) in [7, 11) is -3.90. The van der Waals surface area contributed by atoms with E-state index in [-0.39, 0.29) is 18.0 Å². The van der Waals surface area contributed by atoms with Crippen LogP contribution < -0.4 is 15.5 Å². The molecule has 144 valence electrons. The van der Waals surface area contributed by atoms with Gasteiger partial charge in [-0.05, 0) is 43.3 Å². The van der Waals surface area contributed by atoms with Crippen LogP contribution >= 0.6 is 0 Å². The van der Waals surface area contributed by atoms with Crippen molar-refractivity contribution in [3.63, 3.8) is 0 Å². The molecule has 27 heavy (non-hydrogen) atoms. The Balaban J connectivity index is 1.80. The first kappa shape index (κ1) is 19.3. The van der Waals surface area contributed by atoms with Crippen molar-refractivity contribution in [3.8, 4) is 11.5 Å². The molecule has 1 aliphatic heterocycles. The van der Waals surface area contributed by atoms with E-state index in [1.807, 2.05) is 31.2 Å². The van der Waals surface area contributed by atoms with Gasteiger partial charge in [0, 0.05) is 19.6 Å². The van der Waals surface area contributed by atoms with E-state index in [1.165, 1.54) is 17.6 Å². The highest BCUT2D eigenvalue weighted by atomic mass is 32.2. The largest absolute Gasteiger partial charge is 0.457 e. The summed E-state index contributed by atoms with van der Waals surface area (Å²) >= 11 is 0. The molecule has 2 aromatic rings. The molecule has 0 unspecified atom stereocenters. The molecular formula is C18H21N3O5S. The molecule has 2 aromatic carbocycles. The smallest absolute Gasteiger partial charge is 0.263 e. The maximum Gasteiger partial charge on any atom is 0.263 e. The second-order valence-electron chi connectivity index (χ2n) is 6.20. The van der Waals surface area contributed by atoms with Crippen molar-refractivity contribution < 1.29 is 23.2 Å². The van der Waals surface area contributed by atoms with Crippen LogP contribution in [0.3, 0.4) is 0 Å². The monoisotopic (exact) mass is 391 g/mol. The number of nitrogens with one attached hydrogen (secondary N) is 2. The van der Waals surface area contributed by atoms with Crippen molar-refractivity contribution in [1.29, 1.82) is 0 Å². The number of aryl methyl sites for hydroxylation is 1. The number of sulfonamides is 1. The summed E-state index contributed by atoms with van der Waals surface area (Å²) in [4.78, 5) is 11.9. The lowest BCUT2D eigenvalue weighted by Gasteiger charge is -2.33. The van der Waals surface area contributed by atoms with Crippen molar-refractivity contribution in [3.05, 3.63) is 54.1 Å². The van der Waals surface area contributed by atoms with Crippen LogP contribution in [0.25, 0.3) is 0 Å². The maximum atomic E-state index is 12.9. The Labute approximate surface area is 157 Å². The molecule has 1 atom stereocenters. The van der Waals surface area contributed by atoms with Crippen molar-refractivity contribution in [2.24, 2.45) is 0 Å². The Kier molecular flexibility index (Phi) is 5.76. The highest BCUT2D eigenvalue weighted by Gasteiger charge is 2.37. The summed E-state index contributed by atoms with van der Waals surface area (Å²) in [5, 5.41) is 11.8. The van der Waals surface area contributed by atoms with Gasteiger partial charge >= 0.3 is 0 Å². The van der Waals surface area contributed by atoms with Crippen molar-refractivity contribution in [2.75, 3.05) is 19.6 Å². The predicted molar refractivity (Wildman–Crippen MR) is 98.2 cm³/mol. The molecule has 0 bridgehead atoms. The summed E-state index contributed by atoms with van der Waals surface area (Å²) in [6.45, 7) is 2.65. The lowest BCUT2D eigenvalue weighted by atomic mass is 10.2. The van der Waals surface area contributed by atoms with Crippen molar-refractivity contribution in [1.82, 2.24) is 15.1 Å². The molecule has 3 rings (SSSR count). The van der Waals surface area contributed by atoms with E-state index in [2.05, 4.69) is 5.32 Å². The van der Waals surface area contributed by atoms with Crippen molar-refractivity contribution >= 4 is 15.9 Å². The van der Waals surface area contributed by atoms with E-state index < -0.39 is 22.0 Å². The zero-order valence-corrected chi connectivity index (χ0v) is 15.6. The van der Waals surface area contributed by atoms with Gasteiger partial charge in [-0.25, -0.2) is 13.9 Å². The number of carbonyl (C=O) groups is 1. The van der Waals surface area contributed by atoms with E-state index in [4.69, 9.17) is 9.94 Å². The fraction of sp³-hybridized carbons (Fsp3) is 0.278. The van der Waals surface area contributed by atoms with Crippen LogP contribution in [0.5, 0.6) is 11.5 Å². The zero-order chi connectivity index (χ0) is 19.4. The van der Waals surface area contributed by atoms with E-state index in [1.54, 1.807) is 12.1 Å². The summed E-state index contributed by atoms with van der Waals surface area (Å²) in [6.07, 6.45) is 0. The van der Waals surface area contributed by atoms with Crippen LogP contribution in [-0.4, -0.2) is 49.5 Å². The Hall–Kier alpha value is -2.46. The van der Waals surface area contributed by atoms with Crippen LogP contribution in [0.2, 0.25) is 0 Å². The number of hydroxylamine groups is 1. The summed E-state index contributed by atoms with van der Waals surface area (Å²) in [5.74, 6) is 0.380. The summed E-state index contributed by atoms with van der Waals surface area (Å²) in [5.41, 5.74) is 2.64. The quantitative estimate of drug-likeness (QED) is 0.523. The van der Waals surface area contributed by atoms with E-state index in [0.29, 0.717) is 18.0 Å². The number of nitrogens with zero attached hydrogens (tertiary/aromatic N) is 1. The van der Waals surface area contributed by atoms with E-state index in [9.17, 15) is 13.2 Å². The van der Waals surface area contributed by atoms with Gasteiger partial charge in [0.05, 0.1) is 4.90 Å². The number of carbonyl (C=O) groups excluding carboxylic acids is 1. The highest BCUT2D eigenvalue weighted by molar-refractivity contribution is 7.89. The average Bonchev–Trinajstić information content (AvgIpc) is 2.69. The molecule has 1 saturated heterocycles. The Bertz CT molecular complexity index is 898. The summed E-state index contributed by atoms with van der Waals surface area (Å²) in [6, 6.07) is 12.5. The van der Waals surface area contributed by atoms with Gasteiger partial charge in [0.2, 0.25) is 10.0 Å². The van der Waals surface area contributed by atoms with E-state index in [0.717, 1.165) is 9.87 Å². The predicted octanol–water partition coefficient (Wildman–Crippen LogP) is 1.26. The Morgan fingerprint density at radius 1 is 1.15 bits per heavy atom. The standard InChI is InChI=1S/C18H21N3O5S/c1-13-2-4-14(5-3-13)26-15-6-8-16(9-7-15)27(24,25)21-11-10-19-12-17(21)18(22)20-23/h2-9,17,19,23H,10-12H2,1H3,(H,20,22)/t17-/m1/s1. The molecule has 0 saturated carbocycles. The van der Waals surface area contributed by atoms with E-state index >= 15 is 0 Å². The fourth-order valence-corrected chi connectivity index (χ4v) is 4.42. The van der Waals surface area contributed by atoms with Gasteiger partial charge in [-0.15, -0.1) is 0 Å². The van der Waals surface area contributed by atoms with Gasteiger partial charge in [0.25, 0.3) is 5.91 Å². The lowest BCUT2D eigenvalue weighted by Crippen LogP contribution is -2.59. The molecule has 3 N–H and O–H groups in total. The second kappa shape index (κ2) is 8.05. The van der Waals surface area contributed by atoms with Gasteiger partial charge in [-0.1, -0.05) is 17.7 Å². The van der Waals surface area contributed by atoms with Gasteiger partial charge in [-0.2, -0.15) is 4.31 Å². The molecule has 0 aliphatic carbocycles. The van der Waals surface area contributed by atoms with Crippen LogP contribution in [-0.2, 0) is 14.8 Å². The Morgan fingerprint density at radius 2 is 1.74 bits per heavy atom. The number of rotatable bonds is 5. The molecule has 0 spiro atoms. The molecule has 1 fully saturated rings. The molecule has 8 nitrogen and oxygen atoms in total. The minimum absolute atomic E-state index is 0.0522. The third-order valence-electron chi connectivity index (χ3n) is 4.29. The number of amides is 1. The third kappa shape index (κ3) is 4.28. The molecular weight excluding hydrogens is 370 g/mol. The normalized spacial score (nSPS) is 18.1. The van der Waals surface area contributed by atoms with Crippen LogP contribution in [0.4, 0.5) is 0 Å². The lowest BCUT2D eigenvalue weighted by molar-refractivity contribution is -0.133. The minimum atomic E-state index is -3.90. The van der Waals surface area contributed by atoms with Gasteiger partial charge in [0.1, 0.15) is 17.5 Å². The SMILES string of the molecule is Cc1ccc(Oc2ccc(S(=O)(=O)N3CCNC[C@@H]3C(=O)NO)cc2)cc1. The van der Waals surface area contributed by atoms with Crippen LogP contribution in [0.15, 0.2) is 53.4 Å². The molecule has 1 amide bonds. The fourth-order valence-electron chi connectivity index (χ4n) is 2.83. The van der Waals surface area contributed by atoms with Gasteiger partial charge in [0.15, 0.2) is 0 Å². The van der Waals surface area contributed by atoms with Gasteiger partial charge < -0.3 is 10.1 Å². The highest BCUT2D eigenvalue weighted by Crippen LogP contribution is 2.25. The first-order valence-electron chi connectivity index (χ1n) is 8.43. The van der Waals surface area contributed by atoms with Crippen LogP contribution in [0, 0.1) is 6.92 Å². The maximum absolute atomic E-state index is 12.9. The molecule has 1 aliphatic rings. The topological polar surface area (TPSA) is 108 Å². The number of hydrogen-bond acceptors (Lipinski definition) is 6. The number of ether oxygens (including phenoxy) is 1. The first-order chi connectivity index (χ1) is 12.9. The molecule has 0 aromatic heterocycles. The first-order valence-corrected chi connectivity index (χ1v) is 9.87. The Morgan fingerprint density at radius 3 is 2.33 bits per heavy atom. The summed E-state index contributed by atoms with van der Waals surface area (Å²) < 4.78 is 32.6.